The molecule has 2 heterocycles. The van der Waals surface area contributed by atoms with Gasteiger partial charge in [-0.3, -0.25) is 14.4 Å². The van der Waals surface area contributed by atoms with E-state index in [-0.39, 0.29) is 23.7 Å². The third-order valence-electron chi connectivity index (χ3n) is 5.09. The second-order valence-electron chi connectivity index (χ2n) is 6.86. The van der Waals surface area contributed by atoms with E-state index < -0.39 is 11.9 Å². The molecule has 1 unspecified atom stereocenters. The summed E-state index contributed by atoms with van der Waals surface area (Å²) in [7, 11) is 0. The first kappa shape index (κ1) is 15.3. The molecule has 0 bridgehead atoms. The third-order valence-corrected chi connectivity index (χ3v) is 5.09. The van der Waals surface area contributed by atoms with Crippen LogP contribution in [-0.2, 0) is 14.4 Å². The van der Waals surface area contributed by atoms with Crippen LogP contribution < -0.4 is 0 Å². The van der Waals surface area contributed by atoms with E-state index in [0.29, 0.717) is 26.1 Å². The molecule has 3 aliphatic rings. The molecule has 0 aromatic heterocycles. The quantitative estimate of drug-likeness (QED) is 0.842. The summed E-state index contributed by atoms with van der Waals surface area (Å²) >= 11 is 0. The maximum Gasteiger partial charge on any atom is 0.308 e. The van der Waals surface area contributed by atoms with E-state index >= 15 is 0 Å². The number of rotatable bonds is 3. The Morgan fingerprint density at radius 2 is 1.23 bits per heavy atom. The van der Waals surface area contributed by atoms with Gasteiger partial charge in [-0.2, -0.15) is 0 Å². The highest BCUT2D eigenvalue weighted by Gasteiger charge is 2.38. The van der Waals surface area contributed by atoms with Gasteiger partial charge in [0, 0.05) is 32.1 Å². The Balaban J connectivity index is 1.58. The summed E-state index contributed by atoms with van der Waals surface area (Å²) < 4.78 is 0. The van der Waals surface area contributed by atoms with Crippen LogP contribution in [0.25, 0.3) is 0 Å². The highest BCUT2D eigenvalue weighted by Crippen LogP contribution is 2.33. The summed E-state index contributed by atoms with van der Waals surface area (Å²) in [6, 6.07) is 0. The third kappa shape index (κ3) is 3.25. The zero-order valence-corrected chi connectivity index (χ0v) is 12.9. The number of carboxylic acids is 1. The van der Waals surface area contributed by atoms with E-state index in [4.69, 9.17) is 5.11 Å². The molecule has 1 aliphatic carbocycles. The highest BCUT2D eigenvalue weighted by molar-refractivity contribution is 5.84. The first-order valence-electron chi connectivity index (χ1n) is 8.36. The van der Waals surface area contributed by atoms with Gasteiger partial charge >= 0.3 is 5.97 Å². The fourth-order valence-electron chi connectivity index (χ4n) is 3.60. The van der Waals surface area contributed by atoms with Gasteiger partial charge in [0.25, 0.3) is 0 Å². The van der Waals surface area contributed by atoms with E-state index in [9.17, 15) is 14.4 Å². The van der Waals surface area contributed by atoms with Gasteiger partial charge in [-0.05, 0) is 38.5 Å². The van der Waals surface area contributed by atoms with Crippen LogP contribution in [-0.4, -0.2) is 58.9 Å². The minimum Gasteiger partial charge on any atom is -0.481 e. The minimum atomic E-state index is -0.813. The first-order chi connectivity index (χ1) is 10.6. The standard InChI is InChI=1S/C16H24N2O4/c19-14(11-5-6-11)17-7-1-3-12(9-17)15(20)18-8-2-4-13(10-18)16(21)22/h11-13H,1-10H2,(H,21,22)/t12?,13-/m0/s1. The minimum absolute atomic E-state index is 0.0410. The van der Waals surface area contributed by atoms with Gasteiger partial charge in [0.05, 0.1) is 11.8 Å². The number of hydrogen-bond acceptors (Lipinski definition) is 3. The number of aliphatic carboxylic acids is 1. The Kier molecular flexibility index (Phi) is 4.36. The number of carboxylic acid groups (broad SMARTS) is 1. The van der Waals surface area contributed by atoms with Crippen LogP contribution in [0.1, 0.15) is 38.5 Å². The lowest BCUT2D eigenvalue weighted by Crippen LogP contribution is -2.50. The zero-order chi connectivity index (χ0) is 15.7. The van der Waals surface area contributed by atoms with Crippen LogP contribution in [0.2, 0.25) is 0 Å². The molecule has 3 rings (SSSR count). The fraction of sp³-hybridized carbons (Fsp3) is 0.812. The summed E-state index contributed by atoms with van der Waals surface area (Å²) in [6.07, 6.45) is 5.05. The van der Waals surface area contributed by atoms with Crippen LogP contribution in [0, 0.1) is 17.8 Å². The van der Waals surface area contributed by atoms with Gasteiger partial charge in [-0.15, -0.1) is 0 Å². The summed E-state index contributed by atoms with van der Waals surface area (Å²) in [4.78, 5) is 39.5. The highest BCUT2D eigenvalue weighted by atomic mass is 16.4. The monoisotopic (exact) mass is 308 g/mol. The molecule has 0 aromatic rings. The molecular weight excluding hydrogens is 284 g/mol. The maximum absolute atomic E-state index is 12.7. The van der Waals surface area contributed by atoms with E-state index in [1.807, 2.05) is 4.90 Å². The molecule has 1 N–H and O–H groups in total. The van der Waals surface area contributed by atoms with Crippen molar-refractivity contribution in [3.8, 4) is 0 Å². The fourth-order valence-corrected chi connectivity index (χ4v) is 3.60. The summed E-state index contributed by atoms with van der Waals surface area (Å²) in [5, 5.41) is 9.14. The van der Waals surface area contributed by atoms with Crippen LogP contribution in [0.5, 0.6) is 0 Å². The summed E-state index contributed by atoms with van der Waals surface area (Å²) in [5.41, 5.74) is 0. The van der Waals surface area contributed by atoms with E-state index in [0.717, 1.165) is 38.6 Å². The smallest absolute Gasteiger partial charge is 0.308 e. The van der Waals surface area contributed by atoms with Crippen molar-refractivity contribution < 1.29 is 19.5 Å². The summed E-state index contributed by atoms with van der Waals surface area (Å²) in [5.74, 6) is -0.958. The van der Waals surface area contributed by atoms with Gasteiger partial charge in [0.15, 0.2) is 0 Å². The average Bonchev–Trinajstić information content (AvgIpc) is 3.38. The lowest BCUT2D eigenvalue weighted by atomic mass is 9.93. The number of amides is 2. The normalized spacial score (nSPS) is 29.3. The molecule has 2 aliphatic heterocycles. The topological polar surface area (TPSA) is 77.9 Å². The molecule has 0 aromatic carbocycles. The second kappa shape index (κ2) is 6.26. The number of hydrogen-bond donors (Lipinski definition) is 1. The Bertz CT molecular complexity index is 475. The van der Waals surface area contributed by atoms with Crippen molar-refractivity contribution >= 4 is 17.8 Å². The van der Waals surface area contributed by atoms with Crippen molar-refractivity contribution in [2.24, 2.45) is 17.8 Å². The van der Waals surface area contributed by atoms with Crippen LogP contribution >= 0.6 is 0 Å². The van der Waals surface area contributed by atoms with E-state index in [1.54, 1.807) is 4.90 Å². The number of piperidine rings is 2. The molecule has 2 amide bonds. The van der Waals surface area contributed by atoms with E-state index in [1.165, 1.54) is 0 Å². The van der Waals surface area contributed by atoms with Gasteiger partial charge < -0.3 is 14.9 Å². The van der Waals surface area contributed by atoms with Gasteiger partial charge in [-0.25, -0.2) is 0 Å². The van der Waals surface area contributed by atoms with Crippen LogP contribution in [0.15, 0.2) is 0 Å². The SMILES string of the molecule is O=C(O)[C@H]1CCCN(C(=O)C2CCCN(C(=O)C3CC3)C2)C1. The molecule has 3 fully saturated rings. The largest absolute Gasteiger partial charge is 0.481 e. The lowest BCUT2D eigenvalue weighted by Gasteiger charge is -2.37. The predicted molar refractivity (Wildman–Crippen MR) is 79.0 cm³/mol. The first-order valence-corrected chi connectivity index (χ1v) is 8.36. The average molecular weight is 308 g/mol. The molecule has 0 spiro atoms. The molecule has 6 heteroatoms. The van der Waals surface area contributed by atoms with Gasteiger partial charge in [0.2, 0.25) is 11.8 Å². The second-order valence-corrected chi connectivity index (χ2v) is 6.86. The molecule has 22 heavy (non-hydrogen) atoms. The van der Waals surface area contributed by atoms with Crippen LogP contribution in [0.4, 0.5) is 0 Å². The van der Waals surface area contributed by atoms with Crippen molar-refractivity contribution in [2.45, 2.75) is 38.5 Å². The predicted octanol–water partition coefficient (Wildman–Crippen LogP) is 0.958. The Morgan fingerprint density at radius 3 is 1.77 bits per heavy atom. The van der Waals surface area contributed by atoms with Crippen molar-refractivity contribution in [1.29, 1.82) is 0 Å². The zero-order valence-electron chi connectivity index (χ0n) is 12.9. The molecule has 122 valence electrons. The van der Waals surface area contributed by atoms with Crippen molar-refractivity contribution in [3.05, 3.63) is 0 Å². The number of carbonyl (C=O) groups is 3. The molecular formula is C16H24N2O4. The van der Waals surface area contributed by atoms with Gasteiger partial charge in [-0.1, -0.05) is 0 Å². The van der Waals surface area contributed by atoms with Crippen LogP contribution in [0.3, 0.4) is 0 Å². The van der Waals surface area contributed by atoms with E-state index in [2.05, 4.69) is 0 Å². The Labute approximate surface area is 130 Å². The molecule has 6 nitrogen and oxygen atoms in total. The van der Waals surface area contributed by atoms with Crippen molar-refractivity contribution in [2.75, 3.05) is 26.2 Å². The Morgan fingerprint density at radius 1 is 0.727 bits per heavy atom. The molecule has 2 atom stereocenters. The lowest BCUT2D eigenvalue weighted by molar-refractivity contribution is -0.147. The number of nitrogens with zero attached hydrogens (tertiary/aromatic N) is 2. The molecule has 1 saturated carbocycles. The van der Waals surface area contributed by atoms with Crippen molar-refractivity contribution in [3.63, 3.8) is 0 Å². The maximum atomic E-state index is 12.7. The molecule has 2 saturated heterocycles. The summed E-state index contributed by atoms with van der Waals surface area (Å²) in [6.45, 7) is 2.25. The van der Waals surface area contributed by atoms with Gasteiger partial charge in [0.1, 0.15) is 0 Å². The molecule has 0 radical (unpaired) electrons. The van der Waals surface area contributed by atoms with Crippen molar-refractivity contribution in [1.82, 2.24) is 9.80 Å². The number of likely N-dealkylation sites (tertiary alicyclic amines) is 2. The Hall–Kier alpha value is -1.59. The number of carbonyl (C=O) groups excluding carboxylic acids is 2.